The molecule has 3 aromatic heterocycles. The number of carbonyl (C=O) groups is 1. The Hall–Kier alpha value is -1.73. The first-order valence-corrected chi connectivity index (χ1v) is 8.69. The molecule has 112 valence electrons. The molecule has 0 saturated heterocycles. The maximum atomic E-state index is 12.8. The Morgan fingerprint density at radius 3 is 3.23 bits per heavy atom. The van der Waals surface area contributed by atoms with E-state index in [1.807, 2.05) is 4.90 Å². The molecular formula is C15H13BrN4OS. The number of rotatable bonds is 1. The van der Waals surface area contributed by atoms with Crippen LogP contribution in [0.1, 0.15) is 33.9 Å². The summed E-state index contributed by atoms with van der Waals surface area (Å²) >= 11 is 5.13. The molecule has 0 unspecified atom stereocenters. The summed E-state index contributed by atoms with van der Waals surface area (Å²) in [4.78, 5) is 20.4. The van der Waals surface area contributed by atoms with Crippen molar-refractivity contribution in [2.45, 2.75) is 19.4 Å². The highest BCUT2D eigenvalue weighted by molar-refractivity contribution is 9.10. The topological polar surface area (TPSA) is 50.5 Å². The highest BCUT2D eigenvalue weighted by Crippen LogP contribution is 2.33. The molecule has 4 heterocycles. The van der Waals surface area contributed by atoms with E-state index in [2.05, 4.69) is 44.4 Å². The quantitative estimate of drug-likeness (QED) is 0.654. The molecule has 0 bridgehead atoms. The van der Waals surface area contributed by atoms with Crippen molar-refractivity contribution in [2.24, 2.45) is 0 Å². The van der Waals surface area contributed by atoms with Gasteiger partial charge in [-0.2, -0.15) is 5.10 Å². The van der Waals surface area contributed by atoms with Crippen molar-refractivity contribution in [1.29, 1.82) is 0 Å². The smallest absolute Gasteiger partial charge is 0.274 e. The number of aromatic nitrogens is 3. The zero-order valence-corrected chi connectivity index (χ0v) is 14.3. The highest BCUT2D eigenvalue weighted by atomic mass is 79.9. The molecular weight excluding hydrogens is 364 g/mol. The minimum absolute atomic E-state index is 0.0361. The number of hydrogen-bond donors (Lipinski definition) is 0. The van der Waals surface area contributed by atoms with E-state index >= 15 is 0 Å². The fraction of sp³-hybridized carbons (Fsp3) is 0.267. The summed E-state index contributed by atoms with van der Waals surface area (Å²) in [5, 5.41) is 6.46. The van der Waals surface area contributed by atoms with E-state index in [0.717, 1.165) is 17.4 Å². The first kappa shape index (κ1) is 13.9. The second-order valence-electron chi connectivity index (χ2n) is 5.33. The molecule has 0 saturated carbocycles. The van der Waals surface area contributed by atoms with Gasteiger partial charge >= 0.3 is 0 Å². The van der Waals surface area contributed by atoms with E-state index in [4.69, 9.17) is 0 Å². The second kappa shape index (κ2) is 5.17. The van der Waals surface area contributed by atoms with Crippen molar-refractivity contribution in [3.8, 4) is 0 Å². The molecule has 0 N–H and O–H groups in total. The number of thiophene rings is 1. The van der Waals surface area contributed by atoms with Crippen molar-refractivity contribution < 1.29 is 4.79 Å². The monoisotopic (exact) mass is 376 g/mol. The lowest BCUT2D eigenvalue weighted by atomic mass is 10.0. The standard InChI is InChI=1S/C15H13BrN4OS/c1-9-11-3-5-22-13(11)2-4-19(9)15(21)12-6-14-17-7-10(16)8-20(14)18-12/h3,5-9H,2,4H2,1H3/t9-/m0/s1. The molecule has 1 amide bonds. The Bertz CT molecular complexity index is 871. The lowest BCUT2D eigenvalue weighted by Gasteiger charge is -2.33. The molecule has 22 heavy (non-hydrogen) atoms. The third kappa shape index (κ3) is 2.16. The number of halogens is 1. The zero-order chi connectivity index (χ0) is 15.3. The summed E-state index contributed by atoms with van der Waals surface area (Å²) < 4.78 is 2.46. The molecule has 0 spiro atoms. The molecule has 4 rings (SSSR count). The number of fused-ring (bicyclic) bond motifs is 2. The summed E-state index contributed by atoms with van der Waals surface area (Å²) in [6.07, 6.45) is 4.42. The predicted molar refractivity (Wildman–Crippen MR) is 88.2 cm³/mol. The normalized spacial score (nSPS) is 17.7. The number of carbonyl (C=O) groups excluding carboxylic acids is 1. The van der Waals surface area contributed by atoms with Gasteiger partial charge in [-0.15, -0.1) is 11.3 Å². The zero-order valence-electron chi connectivity index (χ0n) is 11.9. The molecule has 0 radical (unpaired) electrons. The SMILES string of the molecule is C[C@H]1c2ccsc2CCN1C(=O)c1cc2ncc(Br)cn2n1. The van der Waals surface area contributed by atoms with E-state index in [1.54, 1.807) is 34.3 Å². The van der Waals surface area contributed by atoms with Crippen molar-refractivity contribution in [1.82, 2.24) is 19.5 Å². The van der Waals surface area contributed by atoms with Crippen LogP contribution in [0.4, 0.5) is 0 Å². The van der Waals surface area contributed by atoms with E-state index in [9.17, 15) is 4.79 Å². The average Bonchev–Trinajstić information content (AvgIpc) is 3.12. The second-order valence-corrected chi connectivity index (χ2v) is 7.24. The van der Waals surface area contributed by atoms with Crippen LogP contribution in [0.3, 0.4) is 0 Å². The predicted octanol–water partition coefficient (Wildman–Crippen LogP) is 3.31. The Balaban J connectivity index is 1.68. The van der Waals surface area contributed by atoms with Gasteiger partial charge in [-0.1, -0.05) is 0 Å². The average molecular weight is 377 g/mol. The van der Waals surface area contributed by atoms with Gasteiger partial charge in [-0.25, -0.2) is 9.50 Å². The molecule has 1 aliphatic heterocycles. The van der Waals surface area contributed by atoms with Gasteiger partial charge in [0.15, 0.2) is 11.3 Å². The van der Waals surface area contributed by atoms with Crippen LogP contribution in [0.15, 0.2) is 34.4 Å². The maximum Gasteiger partial charge on any atom is 0.274 e. The third-order valence-corrected chi connectivity index (χ3v) is 5.45. The van der Waals surface area contributed by atoms with Crippen LogP contribution in [-0.4, -0.2) is 31.9 Å². The van der Waals surface area contributed by atoms with Crippen LogP contribution < -0.4 is 0 Å². The van der Waals surface area contributed by atoms with Gasteiger partial charge in [-0.3, -0.25) is 4.79 Å². The minimum Gasteiger partial charge on any atom is -0.330 e. The molecule has 3 aromatic rings. The van der Waals surface area contributed by atoms with Gasteiger partial charge in [0.2, 0.25) is 0 Å². The number of nitrogens with zero attached hydrogens (tertiary/aromatic N) is 4. The molecule has 1 aliphatic rings. The summed E-state index contributed by atoms with van der Waals surface area (Å²) in [6.45, 7) is 2.81. The lowest BCUT2D eigenvalue weighted by molar-refractivity contribution is 0.0673. The molecule has 7 heteroatoms. The molecule has 0 fully saturated rings. The number of amides is 1. The van der Waals surface area contributed by atoms with Crippen LogP contribution in [0.25, 0.3) is 5.65 Å². The number of hydrogen-bond acceptors (Lipinski definition) is 4. The minimum atomic E-state index is -0.0361. The van der Waals surface area contributed by atoms with Gasteiger partial charge in [0.05, 0.1) is 10.5 Å². The van der Waals surface area contributed by atoms with Gasteiger partial charge in [-0.05, 0) is 46.3 Å². The fourth-order valence-corrected chi connectivity index (χ4v) is 4.15. The fourth-order valence-electron chi connectivity index (χ4n) is 2.89. The molecule has 5 nitrogen and oxygen atoms in total. The lowest BCUT2D eigenvalue weighted by Crippen LogP contribution is -2.38. The van der Waals surface area contributed by atoms with E-state index in [-0.39, 0.29) is 11.9 Å². The van der Waals surface area contributed by atoms with Crippen molar-refractivity contribution in [2.75, 3.05) is 6.54 Å². The largest absolute Gasteiger partial charge is 0.330 e. The Morgan fingerprint density at radius 2 is 2.36 bits per heavy atom. The van der Waals surface area contributed by atoms with E-state index in [0.29, 0.717) is 11.3 Å². The Labute approximate surface area is 139 Å². The van der Waals surface area contributed by atoms with E-state index in [1.165, 1.54) is 10.4 Å². The van der Waals surface area contributed by atoms with Crippen LogP contribution in [0.5, 0.6) is 0 Å². The molecule has 0 aromatic carbocycles. The van der Waals surface area contributed by atoms with E-state index < -0.39 is 0 Å². The Morgan fingerprint density at radius 1 is 1.50 bits per heavy atom. The van der Waals surface area contributed by atoms with Crippen LogP contribution in [-0.2, 0) is 6.42 Å². The molecule has 1 atom stereocenters. The first-order chi connectivity index (χ1) is 10.6. The van der Waals surface area contributed by atoms with Gasteiger partial charge in [0, 0.05) is 29.9 Å². The third-order valence-electron chi connectivity index (χ3n) is 4.04. The Kier molecular flexibility index (Phi) is 3.27. The van der Waals surface area contributed by atoms with Gasteiger partial charge < -0.3 is 4.90 Å². The van der Waals surface area contributed by atoms with Crippen LogP contribution in [0, 0.1) is 0 Å². The molecule has 0 aliphatic carbocycles. The van der Waals surface area contributed by atoms with Crippen LogP contribution >= 0.6 is 27.3 Å². The van der Waals surface area contributed by atoms with Crippen molar-refractivity contribution >= 4 is 38.8 Å². The van der Waals surface area contributed by atoms with Gasteiger partial charge in [0.1, 0.15) is 0 Å². The maximum absolute atomic E-state index is 12.8. The first-order valence-electron chi connectivity index (χ1n) is 7.01. The van der Waals surface area contributed by atoms with Crippen molar-refractivity contribution in [3.05, 3.63) is 50.5 Å². The van der Waals surface area contributed by atoms with Gasteiger partial charge in [0.25, 0.3) is 5.91 Å². The summed E-state index contributed by atoms with van der Waals surface area (Å²) in [6, 6.07) is 3.95. The highest BCUT2D eigenvalue weighted by Gasteiger charge is 2.30. The summed E-state index contributed by atoms with van der Waals surface area (Å²) in [5.74, 6) is -0.0361. The van der Waals surface area contributed by atoms with Crippen LogP contribution in [0.2, 0.25) is 0 Å². The van der Waals surface area contributed by atoms with Crippen molar-refractivity contribution in [3.63, 3.8) is 0 Å². The summed E-state index contributed by atoms with van der Waals surface area (Å²) in [7, 11) is 0. The summed E-state index contributed by atoms with van der Waals surface area (Å²) in [5.41, 5.74) is 2.37.